The molecule has 7 heteroatoms. The second-order valence-corrected chi connectivity index (χ2v) is 11.1. The van der Waals surface area contributed by atoms with Crippen LogP contribution in [0, 0.1) is 12.8 Å². The summed E-state index contributed by atoms with van der Waals surface area (Å²) < 4.78 is 17.3. The van der Waals surface area contributed by atoms with E-state index in [2.05, 4.69) is 33.8 Å². The number of aliphatic hydroxyl groups is 2. The number of carbonyl (C=O) groups is 1. The monoisotopic (exact) mass is 488 g/mol. The largest absolute Gasteiger partial charge is 0.504 e. The highest BCUT2D eigenvalue weighted by Gasteiger charge is 2.47. The van der Waals surface area contributed by atoms with E-state index in [-0.39, 0.29) is 17.6 Å². The molecule has 0 aromatic heterocycles. The molecule has 1 aromatic carbocycles. The number of aliphatic hydroxyl groups excluding tert-OH is 2. The average molecular weight is 489 g/mol. The fraction of sp³-hybridized carbons (Fsp3) is 0.679. The predicted octanol–water partition coefficient (Wildman–Crippen LogP) is 4.55. The van der Waals surface area contributed by atoms with E-state index in [9.17, 15) is 20.1 Å². The van der Waals surface area contributed by atoms with E-state index in [0.717, 1.165) is 30.4 Å². The topological polar surface area (TPSA) is 105 Å². The Balaban J connectivity index is 1.79. The molecule has 1 fully saturated rings. The van der Waals surface area contributed by atoms with Gasteiger partial charge in [0.05, 0.1) is 6.10 Å². The molecule has 3 aliphatic rings. The third-order valence-corrected chi connectivity index (χ3v) is 8.10. The van der Waals surface area contributed by atoms with Crippen LogP contribution in [0.5, 0.6) is 11.5 Å². The van der Waals surface area contributed by atoms with Gasteiger partial charge in [-0.1, -0.05) is 25.5 Å². The number of ether oxygens (including phenoxy) is 3. The van der Waals surface area contributed by atoms with Gasteiger partial charge in [0.1, 0.15) is 12.2 Å². The van der Waals surface area contributed by atoms with E-state index in [4.69, 9.17) is 14.2 Å². The lowest BCUT2D eigenvalue weighted by Crippen LogP contribution is -2.59. The summed E-state index contributed by atoms with van der Waals surface area (Å²) in [5.41, 5.74) is 5.50. The first-order chi connectivity index (χ1) is 16.4. The Hall–Kier alpha value is -2.09. The van der Waals surface area contributed by atoms with Gasteiger partial charge in [0.25, 0.3) is 0 Å². The van der Waals surface area contributed by atoms with Crippen molar-refractivity contribution in [3.63, 3.8) is 0 Å². The Morgan fingerprint density at radius 1 is 1.03 bits per heavy atom. The van der Waals surface area contributed by atoms with Crippen molar-refractivity contribution in [2.75, 3.05) is 0 Å². The molecule has 194 valence electrons. The van der Waals surface area contributed by atoms with Gasteiger partial charge in [-0.2, -0.15) is 0 Å². The van der Waals surface area contributed by atoms with E-state index in [1.165, 1.54) is 23.6 Å². The molecule has 0 spiro atoms. The van der Waals surface area contributed by atoms with Crippen molar-refractivity contribution in [1.82, 2.24) is 0 Å². The lowest BCUT2D eigenvalue weighted by atomic mass is 9.62. The SMILES string of the molecule is CC(=O)O[C@H]1[C@@H](O)[C@@H](O)[C@H](Oc2c(O)c(C)c3c4c2[C@@H](C)CCC4[C@@H](C)C[C@H]3C=C(C)C)O[C@H]1C. The number of rotatable bonds is 4. The molecular weight excluding hydrogens is 448 g/mol. The summed E-state index contributed by atoms with van der Waals surface area (Å²) in [7, 11) is 0. The minimum absolute atomic E-state index is 0.0630. The fourth-order valence-electron chi connectivity index (χ4n) is 6.48. The van der Waals surface area contributed by atoms with Crippen LogP contribution < -0.4 is 4.74 Å². The Kier molecular flexibility index (Phi) is 7.24. The molecule has 1 saturated heterocycles. The number of hydrogen-bond acceptors (Lipinski definition) is 7. The Bertz CT molecular complexity index is 1010. The molecule has 1 unspecified atom stereocenters. The van der Waals surface area contributed by atoms with Gasteiger partial charge in [-0.15, -0.1) is 0 Å². The molecule has 7 nitrogen and oxygen atoms in total. The zero-order chi connectivity index (χ0) is 25.8. The molecule has 0 bridgehead atoms. The van der Waals surface area contributed by atoms with Crippen LogP contribution in [0.3, 0.4) is 0 Å². The second-order valence-electron chi connectivity index (χ2n) is 11.1. The Morgan fingerprint density at radius 2 is 1.71 bits per heavy atom. The quantitative estimate of drug-likeness (QED) is 0.422. The maximum absolute atomic E-state index is 11.4. The number of phenolic OH excluding ortho intramolecular Hbond substituents is 1. The minimum Gasteiger partial charge on any atom is -0.504 e. The van der Waals surface area contributed by atoms with Crippen molar-refractivity contribution >= 4 is 5.97 Å². The van der Waals surface area contributed by atoms with Crippen LogP contribution in [0.2, 0.25) is 0 Å². The highest BCUT2D eigenvalue weighted by atomic mass is 16.7. The zero-order valence-corrected chi connectivity index (χ0v) is 21.9. The van der Waals surface area contributed by atoms with E-state index >= 15 is 0 Å². The van der Waals surface area contributed by atoms with E-state index in [1.54, 1.807) is 6.92 Å². The van der Waals surface area contributed by atoms with Crippen LogP contribution in [-0.4, -0.2) is 52.0 Å². The molecule has 0 saturated carbocycles. The van der Waals surface area contributed by atoms with Crippen molar-refractivity contribution in [1.29, 1.82) is 0 Å². The molecule has 3 N–H and O–H groups in total. The summed E-state index contributed by atoms with van der Waals surface area (Å²) in [5.74, 6) is 1.10. The molecule has 1 heterocycles. The molecule has 1 aromatic rings. The first-order valence-corrected chi connectivity index (χ1v) is 12.8. The summed E-state index contributed by atoms with van der Waals surface area (Å²) in [6, 6.07) is 0. The van der Waals surface area contributed by atoms with Crippen LogP contribution in [0.1, 0.15) is 101 Å². The van der Waals surface area contributed by atoms with Gasteiger partial charge in [0.2, 0.25) is 6.29 Å². The number of carbonyl (C=O) groups excluding carboxylic acids is 1. The van der Waals surface area contributed by atoms with Crippen molar-refractivity contribution < 1.29 is 34.3 Å². The fourth-order valence-corrected chi connectivity index (χ4v) is 6.48. The van der Waals surface area contributed by atoms with Gasteiger partial charge < -0.3 is 29.5 Å². The lowest BCUT2D eigenvalue weighted by molar-refractivity contribution is -0.272. The standard InChI is InChI=1S/C28H40O7/c1-12(2)10-18-11-14(4)19-9-8-13(3)20-22(19)21(18)15(5)23(30)27(20)35-28-25(32)24(31)26(16(6)33-28)34-17(7)29/h10,13-14,16,18-19,24-26,28,30-32H,8-9,11H2,1-7H3/t13-,14-,16-,18+,19?,24-,25+,26+,28-/m0/s1. The Labute approximate surface area is 208 Å². The van der Waals surface area contributed by atoms with Gasteiger partial charge in [0, 0.05) is 18.4 Å². The summed E-state index contributed by atoms with van der Waals surface area (Å²) in [6.45, 7) is 13.5. The average Bonchev–Trinajstić information content (AvgIpc) is 2.76. The van der Waals surface area contributed by atoms with Gasteiger partial charge >= 0.3 is 5.97 Å². The number of allylic oxidation sites excluding steroid dienone is 2. The van der Waals surface area contributed by atoms with Gasteiger partial charge in [0.15, 0.2) is 17.6 Å². The van der Waals surface area contributed by atoms with Crippen LogP contribution in [0.25, 0.3) is 0 Å². The minimum atomic E-state index is -1.45. The van der Waals surface area contributed by atoms with Crippen LogP contribution in [0.15, 0.2) is 11.6 Å². The van der Waals surface area contributed by atoms with Crippen LogP contribution in [-0.2, 0) is 14.3 Å². The highest BCUT2D eigenvalue weighted by Crippen LogP contribution is 2.58. The number of benzene rings is 1. The molecule has 0 radical (unpaired) electrons. The molecule has 0 amide bonds. The zero-order valence-electron chi connectivity index (χ0n) is 21.9. The first kappa shape index (κ1) is 26.0. The van der Waals surface area contributed by atoms with Crippen molar-refractivity contribution in [2.24, 2.45) is 5.92 Å². The number of esters is 1. The number of aromatic hydroxyl groups is 1. The van der Waals surface area contributed by atoms with Crippen LogP contribution >= 0.6 is 0 Å². The third-order valence-electron chi connectivity index (χ3n) is 8.10. The maximum Gasteiger partial charge on any atom is 0.303 e. The second kappa shape index (κ2) is 9.75. The number of phenols is 1. The summed E-state index contributed by atoms with van der Waals surface area (Å²) in [5, 5.41) is 32.9. The predicted molar refractivity (Wildman–Crippen MR) is 132 cm³/mol. The van der Waals surface area contributed by atoms with Gasteiger partial charge in [-0.3, -0.25) is 4.79 Å². The van der Waals surface area contributed by atoms with Crippen LogP contribution in [0.4, 0.5) is 0 Å². The van der Waals surface area contributed by atoms with E-state index in [1.807, 2.05) is 6.92 Å². The van der Waals surface area contributed by atoms with Crippen molar-refractivity contribution in [3.8, 4) is 11.5 Å². The first-order valence-electron chi connectivity index (χ1n) is 12.8. The highest BCUT2D eigenvalue weighted by molar-refractivity contribution is 5.66. The van der Waals surface area contributed by atoms with Crippen molar-refractivity contribution in [2.45, 2.75) is 116 Å². The molecule has 4 rings (SSSR count). The third kappa shape index (κ3) is 4.58. The summed E-state index contributed by atoms with van der Waals surface area (Å²) >= 11 is 0. The number of hydrogen-bond donors (Lipinski definition) is 3. The maximum atomic E-state index is 11.4. The van der Waals surface area contributed by atoms with Gasteiger partial charge in [-0.25, -0.2) is 0 Å². The van der Waals surface area contributed by atoms with E-state index in [0.29, 0.717) is 17.6 Å². The normalized spacial score (nSPS) is 36.2. The molecule has 35 heavy (non-hydrogen) atoms. The molecule has 9 atom stereocenters. The molecular formula is C28H40O7. The molecule has 2 aliphatic carbocycles. The lowest BCUT2D eigenvalue weighted by Gasteiger charge is -2.45. The Morgan fingerprint density at radius 3 is 2.34 bits per heavy atom. The van der Waals surface area contributed by atoms with E-state index < -0.39 is 36.7 Å². The molecule has 1 aliphatic heterocycles. The summed E-state index contributed by atoms with van der Waals surface area (Å²) in [4.78, 5) is 11.4. The van der Waals surface area contributed by atoms with Crippen molar-refractivity contribution in [3.05, 3.63) is 33.9 Å². The van der Waals surface area contributed by atoms with Gasteiger partial charge in [-0.05, 0) is 81.4 Å². The smallest absolute Gasteiger partial charge is 0.303 e. The summed E-state index contributed by atoms with van der Waals surface area (Å²) in [6.07, 6.45) is -0.333.